The fourth-order valence-electron chi connectivity index (χ4n) is 7.08. The first-order valence-corrected chi connectivity index (χ1v) is 19.1. The molecule has 4 amide bonds. The molecule has 1 aromatic heterocycles. The van der Waals surface area contributed by atoms with E-state index in [1.807, 2.05) is 50.4 Å². The summed E-state index contributed by atoms with van der Waals surface area (Å²) < 4.78 is 14.9. The van der Waals surface area contributed by atoms with Crippen LogP contribution < -0.4 is 15.4 Å². The van der Waals surface area contributed by atoms with Gasteiger partial charge in [0.25, 0.3) is 5.91 Å². The van der Waals surface area contributed by atoms with Crippen molar-refractivity contribution in [1.29, 1.82) is 0 Å². The largest absolute Gasteiger partial charge is 0.446 e. The number of carbonyl (C=O) groups is 4. The zero-order chi connectivity index (χ0) is 35.0. The maximum atomic E-state index is 14.7. The molecule has 0 radical (unpaired) electrons. The lowest BCUT2D eigenvalue weighted by Gasteiger charge is -2.36. The summed E-state index contributed by atoms with van der Waals surface area (Å²) in [5.41, 5.74) is 0.122. The van der Waals surface area contributed by atoms with Crippen molar-refractivity contribution in [3.8, 4) is 11.1 Å². The number of thiophene rings is 1. The van der Waals surface area contributed by atoms with E-state index in [1.165, 1.54) is 16.8 Å². The zero-order valence-corrected chi connectivity index (χ0v) is 30.4. The number of ether oxygens (including phenoxy) is 2. The van der Waals surface area contributed by atoms with Crippen molar-refractivity contribution in [2.75, 3.05) is 13.7 Å². The van der Waals surface area contributed by atoms with E-state index in [9.17, 15) is 19.2 Å². The van der Waals surface area contributed by atoms with Crippen LogP contribution >= 0.6 is 23.3 Å². The highest BCUT2D eigenvalue weighted by molar-refractivity contribution is 7.98. The number of methoxy groups -OCH3 is 1. The molecule has 264 valence electrons. The van der Waals surface area contributed by atoms with Gasteiger partial charge in [0.1, 0.15) is 29.3 Å². The molecule has 3 saturated carbocycles. The van der Waals surface area contributed by atoms with E-state index in [0.717, 1.165) is 55.2 Å². The van der Waals surface area contributed by atoms with Crippen molar-refractivity contribution in [3.63, 3.8) is 0 Å². The van der Waals surface area contributed by atoms with Gasteiger partial charge in [-0.05, 0) is 95.8 Å². The first kappa shape index (κ1) is 35.5. The normalized spacial score (nSPS) is 27.3. The van der Waals surface area contributed by atoms with E-state index in [0.29, 0.717) is 11.7 Å². The molecule has 10 nitrogen and oxygen atoms in total. The molecule has 0 bridgehead atoms. The Labute approximate surface area is 297 Å². The molecular formula is C37H48N4O6S2. The van der Waals surface area contributed by atoms with Crippen LogP contribution in [-0.2, 0) is 29.5 Å². The average molecular weight is 709 g/mol. The van der Waals surface area contributed by atoms with E-state index < -0.39 is 46.5 Å². The van der Waals surface area contributed by atoms with Gasteiger partial charge in [-0.25, -0.2) is 4.79 Å². The van der Waals surface area contributed by atoms with Gasteiger partial charge >= 0.3 is 6.09 Å². The van der Waals surface area contributed by atoms with Crippen molar-refractivity contribution in [2.45, 2.75) is 107 Å². The summed E-state index contributed by atoms with van der Waals surface area (Å²) in [5, 5.41) is 10.4. The molecule has 1 aromatic carbocycles. The Hall–Kier alpha value is -3.35. The van der Waals surface area contributed by atoms with Crippen LogP contribution in [0.25, 0.3) is 11.1 Å². The summed E-state index contributed by atoms with van der Waals surface area (Å²) in [6.07, 6.45) is 7.20. The quantitative estimate of drug-likeness (QED) is 0.184. The van der Waals surface area contributed by atoms with Gasteiger partial charge in [0.2, 0.25) is 11.8 Å². The molecule has 4 aliphatic rings. The van der Waals surface area contributed by atoms with Gasteiger partial charge in [-0.15, -0.1) is 6.58 Å². The molecule has 12 heteroatoms. The third kappa shape index (κ3) is 7.56. The Morgan fingerprint density at radius 2 is 1.76 bits per heavy atom. The van der Waals surface area contributed by atoms with Crippen molar-refractivity contribution in [2.24, 2.45) is 11.3 Å². The number of nitrogens with zero attached hydrogens (tertiary/aromatic N) is 1. The van der Waals surface area contributed by atoms with Gasteiger partial charge in [-0.2, -0.15) is 11.3 Å². The highest BCUT2D eigenvalue weighted by Gasteiger charge is 2.62. The fraction of sp³-hybridized carbons (Fsp3) is 0.568. The molecule has 6 rings (SSSR count). The summed E-state index contributed by atoms with van der Waals surface area (Å²) in [5.74, 6) is -1.35. The van der Waals surface area contributed by atoms with Crippen LogP contribution in [0.4, 0.5) is 4.79 Å². The first-order chi connectivity index (χ1) is 23.4. The standard InChI is InChI=1S/C37H48N4O6S2/c1-6-25-19-37(25,33(44)40-49-28-15-16-28)39-31(42)29-20-36(46-5,26-13-11-23(12-14-26)24-17-18-48-21-24)22-41(29)32(43)30(35(2,3)4)38-34(45)47-27-9-7-8-10-27/h6,11-14,17-18,21,25,27-30H,1,7-10,15-16,19-20,22H2,2-5H3,(H,38,45)(H,39,42)(H,40,44)/t25?,29-,30+,36-,37+/m0/s1. The summed E-state index contributed by atoms with van der Waals surface area (Å²) >= 11 is 3.02. The van der Waals surface area contributed by atoms with E-state index in [4.69, 9.17) is 9.47 Å². The average Bonchev–Trinajstić information content (AvgIpc) is 3.77. The number of benzene rings is 1. The molecule has 2 aromatic rings. The molecule has 1 unspecified atom stereocenters. The highest BCUT2D eigenvalue weighted by atomic mass is 32.2. The zero-order valence-electron chi connectivity index (χ0n) is 28.8. The SMILES string of the molecule is C=CC1C[C@]1(NC(=O)[C@@H]1C[C@@](OC)(c2ccc(-c3ccsc3)cc2)CN1C(=O)[C@@H](NC(=O)OC1CCCC1)C(C)(C)C)C(=O)NSC1CC1. The Kier molecular flexibility index (Phi) is 10.2. The van der Waals surface area contributed by atoms with Crippen LogP contribution in [0, 0.1) is 11.3 Å². The van der Waals surface area contributed by atoms with Crippen molar-refractivity contribution >= 4 is 47.1 Å². The molecule has 1 saturated heterocycles. The second-order valence-electron chi connectivity index (χ2n) is 15.0. The Balaban J connectivity index is 1.29. The molecule has 3 aliphatic carbocycles. The van der Waals surface area contributed by atoms with Crippen LogP contribution in [0.2, 0.25) is 0 Å². The number of carbonyl (C=O) groups excluding carboxylic acids is 4. The van der Waals surface area contributed by atoms with Gasteiger partial charge in [0, 0.05) is 24.7 Å². The fourth-order valence-corrected chi connectivity index (χ4v) is 8.58. The number of rotatable bonds is 12. The smallest absolute Gasteiger partial charge is 0.408 e. The maximum Gasteiger partial charge on any atom is 0.408 e. The molecule has 2 heterocycles. The van der Waals surface area contributed by atoms with Crippen LogP contribution in [-0.4, -0.2) is 71.3 Å². The minimum absolute atomic E-state index is 0.0752. The van der Waals surface area contributed by atoms with Crippen LogP contribution in [0.1, 0.15) is 77.7 Å². The van der Waals surface area contributed by atoms with Gasteiger partial charge in [0.05, 0.1) is 6.54 Å². The van der Waals surface area contributed by atoms with Crippen LogP contribution in [0.15, 0.2) is 53.7 Å². The van der Waals surface area contributed by atoms with Crippen molar-refractivity contribution in [1.82, 2.24) is 20.3 Å². The number of hydrogen-bond acceptors (Lipinski definition) is 8. The monoisotopic (exact) mass is 708 g/mol. The van der Waals surface area contributed by atoms with E-state index in [1.54, 1.807) is 24.5 Å². The molecule has 4 fully saturated rings. The molecule has 3 N–H and O–H groups in total. The molecule has 49 heavy (non-hydrogen) atoms. The lowest BCUT2D eigenvalue weighted by Crippen LogP contribution is -2.59. The molecule has 1 aliphatic heterocycles. The van der Waals surface area contributed by atoms with Crippen LogP contribution in [0.5, 0.6) is 0 Å². The Morgan fingerprint density at radius 1 is 1.04 bits per heavy atom. The van der Waals surface area contributed by atoms with E-state index in [-0.39, 0.29) is 30.9 Å². The second kappa shape index (κ2) is 14.1. The predicted octanol–water partition coefficient (Wildman–Crippen LogP) is 5.93. The summed E-state index contributed by atoms with van der Waals surface area (Å²) in [6.45, 7) is 9.60. The van der Waals surface area contributed by atoms with Crippen molar-refractivity contribution in [3.05, 3.63) is 59.3 Å². The summed E-state index contributed by atoms with van der Waals surface area (Å²) in [7, 11) is 1.59. The summed E-state index contributed by atoms with van der Waals surface area (Å²) in [6, 6.07) is 8.10. The van der Waals surface area contributed by atoms with Crippen LogP contribution in [0.3, 0.4) is 0 Å². The lowest BCUT2D eigenvalue weighted by atomic mass is 9.85. The third-order valence-corrected chi connectivity index (χ3v) is 12.2. The Bertz CT molecular complexity index is 1550. The number of likely N-dealkylation sites (tertiary alicyclic amines) is 1. The lowest BCUT2D eigenvalue weighted by molar-refractivity contribution is -0.143. The van der Waals surface area contributed by atoms with Gasteiger partial charge < -0.3 is 25.0 Å². The van der Waals surface area contributed by atoms with Gasteiger partial charge in [-0.3, -0.25) is 19.1 Å². The molecular weight excluding hydrogens is 661 g/mol. The minimum atomic E-state index is -1.14. The number of amides is 4. The third-order valence-electron chi connectivity index (χ3n) is 10.4. The maximum absolute atomic E-state index is 14.7. The van der Waals surface area contributed by atoms with E-state index >= 15 is 0 Å². The second-order valence-corrected chi connectivity index (χ2v) is 16.9. The number of hydrogen-bond donors (Lipinski definition) is 3. The number of alkyl carbamates (subject to hydrolysis) is 1. The Morgan fingerprint density at radius 3 is 2.33 bits per heavy atom. The summed E-state index contributed by atoms with van der Waals surface area (Å²) in [4.78, 5) is 57.2. The molecule has 5 atom stereocenters. The predicted molar refractivity (Wildman–Crippen MR) is 192 cm³/mol. The van der Waals surface area contributed by atoms with Gasteiger partial charge in [-0.1, -0.05) is 51.1 Å². The van der Waals surface area contributed by atoms with E-state index in [2.05, 4.69) is 33.4 Å². The topological polar surface area (TPSA) is 126 Å². The molecule has 0 spiro atoms. The number of nitrogens with one attached hydrogen (secondary N) is 3. The minimum Gasteiger partial charge on any atom is -0.446 e. The highest BCUT2D eigenvalue weighted by Crippen LogP contribution is 2.47. The van der Waals surface area contributed by atoms with Crippen molar-refractivity contribution < 1.29 is 28.7 Å². The first-order valence-electron chi connectivity index (χ1n) is 17.3. The van der Waals surface area contributed by atoms with Gasteiger partial charge in [0.15, 0.2) is 0 Å².